The van der Waals surface area contributed by atoms with Crippen LogP contribution in [0.5, 0.6) is 0 Å². The van der Waals surface area contributed by atoms with Crippen LogP contribution in [0.3, 0.4) is 0 Å². The van der Waals surface area contributed by atoms with E-state index in [-0.39, 0.29) is 11.7 Å². The molecule has 1 fully saturated rings. The maximum Gasteiger partial charge on any atom is 0.222 e. The van der Waals surface area contributed by atoms with Crippen molar-refractivity contribution in [1.29, 1.82) is 0 Å². The fourth-order valence-electron chi connectivity index (χ4n) is 2.26. The first-order valence-corrected chi connectivity index (χ1v) is 6.49. The molecule has 2 rings (SSSR count). The molecule has 98 valence electrons. The first-order chi connectivity index (χ1) is 8.70. The fourth-order valence-corrected chi connectivity index (χ4v) is 2.26. The van der Waals surface area contributed by atoms with Gasteiger partial charge in [-0.25, -0.2) is 4.39 Å². The Labute approximate surface area is 107 Å². The molecule has 3 nitrogen and oxygen atoms in total. The molecule has 0 radical (unpaired) electrons. The quantitative estimate of drug-likeness (QED) is 0.821. The van der Waals surface area contributed by atoms with Crippen molar-refractivity contribution >= 4 is 11.6 Å². The number of carbonyl (C=O) groups is 1. The zero-order valence-corrected chi connectivity index (χ0v) is 10.7. The molecule has 1 aromatic carbocycles. The van der Waals surface area contributed by atoms with Gasteiger partial charge >= 0.3 is 0 Å². The van der Waals surface area contributed by atoms with E-state index in [0.29, 0.717) is 6.42 Å². The average Bonchev–Trinajstić information content (AvgIpc) is 2.39. The van der Waals surface area contributed by atoms with Gasteiger partial charge in [0.1, 0.15) is 5.82 Å². The Bertz CT molecular complexity index is 414. The molecule has 4 heteroatoms. The molecule has 18 heavy (non-hydrogen) atoms. The third-order valence-corrected chi connectivity index (χ3v) is 3.27. The van der Waals surface area contributed by atoms with Crippen molar-refractivity contribution in [3.05, 3.63) is 30.1 Å². The second kappa shape index (κ2) is 5.85. The zero-order chi connectivity index (χ0) is 13.0. The predicted molar refractivity (Wildman–Crippen MR) is 70.1 cm³/mol. The maximum absolute atomic E-state index is 13.1. The molecule has 1 saturated heterocycles. The van der Waals surface area contributed by atoms with Crippen LogP contribution < -0.4 is 4.90 Å². The van der Waals surface area contributed by atoms with Gasteiger partial charge < -0.3 is 9.80 Å². The number of hydrogen-bond acceptors (Lipinski definition) is 2. The lowest BCUT2D eigenvalue weighted by Gasteiger charge is -2.36. The van der Waals surface area contributed by atoms with Crippen LogP contribution in [0.15, 0.2) is 24.3 Å². The number of carbonyl (C=O) groups excluding carboxylic acids is 1. The van der Waals surface area contributed by atoms with Gasteiger partial charge in [0, 0.05) is 38.3 Å². The Kier molecular flexibility index (Phi) is 4.18. The summed E-state index contributed by atoms with van der Waals surface area (Å²) in [5.41, 5.74) is 0.901. The van der Waals surface area contributed by atoms with E-state index in [1.54, 1.807) is 12.1 Å². The molecule has 0 atom stereocenters. The molecule has 1 aromatic rings. The van der Waals surface area contributed by atoms with E-state index < -0.39 is 0 Å². The highest BCUT2D eigenvalue weighted by Gasteiger charge is 2.20. The molecular formula is C14H19FN2O. The molecule has 1 heterocycles. The predicted octanol–water partition coefficient (Wildman–Crippen LogP) is 2.27. The van der Waals surface area contributed by atoms with Crippen molar-refractivity contribution in [2.24, 2.45) is 0 Å². The summed E-state index contributed by atoms with van der Waals surface area (Å²) in [6.07, 6.45) is 1.52. The third-order valence-electron chi connectivity index (χ3n) is 3.27. The van der Waals surface area contributed by atoms with E-state index >= 15 is 0 Å². The summed E-state index contributed by atoms with van der Waals surface area (Å²) < 4.78 is 13.1. The lowest BCUT2D eigenvalue weighted by molar-refractivity contribution is -0.131. The van der Waals surface area contributed by atoms with Gasteiger partial charge in [-0.15, -0.1) is 0 Å². The second-order valence-electron chi connectivity index (χ2n) is 4.60. The molecule has 1 aliphatic heterocycles. The Morgan fingerprint density at radius 3 is 2.61 bits per heavy atom. The van der Waals surface area contributed by atoms with Gasteiger partial charge in [0.25, 0.3) is 0 Å². The minimum absolute atomic E-state index is 0.211. The Hall–Kier alpha value is -1.58. The van der Waals surface area contributed by atoms with Crippen molar-refractivity contribution in [2.75, 3.05) is 31.1 Å². The summed E-state index contributed by atoms with van der Waals surface area (Å²) in [7, 11) is 0. The number of hydrogen-bond donors (Lipinski definition) is 0. The van der Waals surface area contributed by atoms with Gasteiger partial charge in [0.05, 0.1) is 0 Å². The molecule has 0 N–H and O–H groups in total. The Balaban J connectivity index is 1.92. The van der Waals surface area contributed by atoms with Crippen molar-refractivity contribution in [3.8, 4) is 0 Å². The standard InChI is InChI=1S/C14H19FN2O/c1-2-4-14(18)17-9-7-16(8-10-17)13-6-3-5-12(15)11-13/h3,5-6,11H,2,4,7-10H2,1H3. The van der Waals surface area contributed by atoms with Gasteiger partial charge in [-0.3, -0.25) is 4.79 Å². The Morgan fingerprint density at radius 2 is 2.00 bits per heavy atom. The van der Waals surface area contributed by atoms with E-state index in [0.717, 1.165) is 38.3 Å². The topological polar surface area (TPSA) is 23.6 Å². The average molecular weight is 250 g/mol. The Morgan fingerprint density at radius 1 is 1.28 bits per heavy atom. The maximum atomic E-state index is 13.1. The first kappa shape index (κ1) is 12.9. The molecule has 0 spiro atoms. The van der Waals surface area contributed by atoms with Crippen LogP contribution in [0.1, 0.15) is 19.8 Å². The van der Waals surface area contributed by atoms with Crippen LogP contribution >= 0.6 is 0 Å². The third kappa shape index (κ3) is 3.00. The fraction of sp³-hybridized carbons (Fsp3) is 0.500. The first-order valence-electron chi connectivity index (χ1n) is 6.49. The van der Waals surface area contributed by atoms with E-state index in [9.17, 15) is 9.18 Å². The second-order valence-corrected chi connectivity index (χ2v) is 4.60. The van der Waals surface area contributed by atoms with Crippen LogP contribution in [-0.4, -0.2) is 37.0 Å². The van der Waals surface area contributed by atoms with Crippen LogP contribution in [0, 0.1) is 5.82 Å². The lowest BCUT2D eigenvalue weighted by atomic mass is 10.2. The molecule has 0 aromatic heterocycles. The van der Waals surface area contributed by atoms with Crippen LogP contribution in [0.25, 0.3) is 0 Å². The molecule has 1 aliphatic rings. The SMILES string of the molecule is CCCC(=O)N1CCN(c2cccc(F)c2)CC1. The molecule has 0 aliphatic carbocycles. The van der Waals surface area contributed by atoms with Gasteiger partial charge in [0.2, 0.25) is 5.91 Å². The number of piperazine rings is 1. The molecule has 0 bridgehead atoms. The number of amides is 1. The number of halogens is 1. The van der Waals surface area contributed by atoms with Gasteiger partial charge in [-0.2, -0.15) is 0 Å². The lowest BCUT2D eigenvalue weighted by Crippen LogP contribution is -2.48. The molecular weight excluding hydrogens is 231 g/mol. The van der Waals surface area contributed by atoms with Crippen molar-refractivity contribution in [3.63, 3.8) is 0 Å². The summed E-state index contributed by atoms with van der Waals surface area (Å²) in [5.74, 6) is 0.0216. The number of benzene rings is 1. The van der Waals surface area contributed by atoms with Crippen LogP contribution in [0.4, 0.5) is 10.1 Å². The van der Waals surface area contributed by atoms with Crippen molar-refractivity contribution in [2.45, 2.75) is 19.8 Å². The van der Waals surface area contributed by atoms with Crippen LogP contribution in [-0.2, 0) is 4.79 Å². The van der Waals surface area contributed by atoms with Crippen molar-refractivity contribution in [1.82, 2.24) is 4.90 Å². The summed E-state index contributed by atoms with van der Waals surface area (Å²) >= 11 is 0. The molecule has 0 unspecified atom stereocenters. The highest BCUT2D eigenvalue weighted by molar-refractivity contribution is 5.76. The molecule has 1 amide bonds. The van der Waals surface area contributed by atoms with E-state index in [2.05, 4.69) is 4.90 Å². The van der Waals surface area contributed by atoms with Gasteiger partial charge in [-0.1, -0.05) is 13.0 Å². The highest BCUT2D eigenvalue weighted by atomic mass is 19.1. The molecule has 0 saturated carbocycles. The van der Waals surface area contributed by atoms with Gasteiger partial charge in [-0.05, 0) is 24.6 Å². The minimum atomic E-state index is -0.211. The van der Waals surface area contributed by atoms with E-state index in [4.69, 9.17) is 0 Å². The van der Waals surface area contributed by atoms with Crippen molar-refractivity contribution < 1.29 is 9.18 Å². The van der Waals surface area contributed by atoms with Gasteiger partial charge in [0.15, 0.2) is 0 Å². The summed E-state index contributed by atoms with van der Waals surface area (Å²) in [4.78, 5) is 15.8. The van der Waals surface area contributed by atoms with E-state index in [1.807, 2.05) is 17.9 Å². The number of rotatable bonds is 3. The number of nitrogens with zero attached hydrogens (tertiary/aromatic N) is 2. The summed E-state index contributed by atoms with van der Waals surface area (Å²) in [5, 5.41) is 0. The van der Waals surface area contributed by atoms with E-state index in [1.165, 1.54) is 6.07 Å². The largest absolute Gasteiger partial charge is 0.368 e. The smallest absolute Gasteiger partial charge is 0.222 e. The minimum Gasteiger partial charge on any atom is -0.368 e. The number of anilines is 1. The monoisotopic (exact) mass is 250 g/mol. The zero-order valence-electron chi connectivity index (χ0n) is 10.7. The van der Waals surface area contributed by atoms with Crippen LogP contribution in [0.2, 0.25) is 0 Å². The summed E-state index contributed by atoms with van der Waals surface area (Å²) in [6.45, 7) is 5.03. The summed E-state index contributed by atoms with van der Waals surface area (Å²) in [6, 6.07) is 6.62. The highest BCUT2D eigenvalue weighted by Crippen LogP contribution is 2.17. The normalized spacial score (nSPS) is 15.9.